The van der Waals surface area contributed by atoms with Crippen molar-refractivity contribution in [2.24, 2.45) is 0 Å². The molecule has 0 unspecified atom stereocenters. The zero-order valence-corrected chi connectivity index (χ0v) is 10.9. The van der Waals surface area contributed by atoms with E-state index in [0.717, 1.165) is 11.2 Å². The Morgan fingerprint density at radius 2 is 2.20 bits per heavy atom. The minimum Gasteiger partial charge on any atom is -0.464 e. The molecule has 2 N–H and O–H groups in total. The first-order chi connectivity index (χ1) is 9.60. The minimum atomic E-state index is -0.585. The van der Waals surface area contributed by atoms with Crippen LogP contribution < -0.4 is 5.73 Å². The molecule has 0 radical (unpaired) electrons. The van der Waals surface area contributed by atoms with E-state index < -0.39 is 5.97 Å². The first-order valence-electron chi connectivity index (χ1n) is 5.85. The van der Waals surface area contributed by atoms with E-state index in [1.807, 2.05) is 13.0 Å². The number of aromatic nitrogens is 5. The van der Waals surface area contributed by atoms with Crippen molar-refractivity contribution in [1.82, 2.24) is 24.4 Å². The third kappa shape index (κ3) is 1.78. The van der Waals surface area contributed by atoms with Gasteiger partial charge in [0.2, 0.25) is 0 Å². The number of fused-ring (bicyclic) bond motifs is 1. The fourth-order valence-electron chi connectivity index (χ4n) is 1.96. The number of nitrogens with two attached hydrogens (primary N) is 1. The standard InChI is InChI=1S/C12H12N6O2/c1-7-5-9-11(14-3-4-17(9)15-7)18-6-8(13)10(16-18)12(19)20-2/h3-6H,13H2,1-2H3. The molecule has 8 nitrogen and oxygen atoms in total. The van der Waals surface area contributed by atoms with E-state index in [0.29, 0.717) is 5.82 Å². The minimum absolute atomic E-state index is 0.0625. The molecular formula is C12H12N6O2. The Labute approximate surface area is 113 Å². The highest BCUT2D eigenvalue weighted by Crippen LogP contribution is 2.18. The van der Waals surface area contributed by atoms with Crippen molar-refractivity contribution < 1.29 is 9.53 Å². The van der Waals surface area contributed by atoms with Gasteiger partial charge in [0.15, 0.2) is 11.5 Å². The Hall–Kier alpha value is -2.90. The highest BCUT2D eigenvalue weighted by Gasteiger charge is 2.17. The quantitative estimate of drug-likeness (QED) is 0.685. The van der Waals surface area contributed by atoms with Gasteiger partial charge < -0.3 is 10.5 Å². The third-order valence-electron chi connectivity index (χ3n) is 2.83. The lowest BCUT2D eigenvalue weighted by Crippen LogP contribution is -2.07. The van der Waals surface area contributed by atoms with Gasteiger partial charge in [0.25, 0.3) is 0 Å². The van der Waals surface area contributed by atoms with Gasteiger partial charge in [-0.2, -0.15) is 10.2 Å². The van der Waals surface area contributed by atoms with Crippen LogP contribution in [0.3, 0.4) is 0 Å². The van der Waals surface area contributed by atoms with Gasteiger partial charge in [0, 0.05) is 12.4 Å². The summed E-state index contributed by atoms with van der Waals surface area (Å²) in [5.41, 5.74) is 7.69. The summed E-state index contributed by atoms with van der Waals surface area (Å²) in [6.45, 7) is 1.88. The first kappa shape index (κ1) is 12.2. The number of hydrogen-bond acceptors (Lipinski definition) is 6. The van der Waals surface area contributed by atoms with E-state index in [2.05, 4.69) is 19.9 Å². The largest absolute Gasteiger partial charge is 0.464 e. The van der Waals surface area contributed by atoms with E-state index in [1.165, 1.54) is 18.0 Å². The number of carbonyl (C=O) groups is 1. The van der Waals surface area contributed by atoms with Crippen LogP contribution in [0, 0.1) is 6.92 Å². The molecule has 3 heterocycles. The molecule has 0 amide bonds. The smallest absolute Gasteiger partial charge is 0.360 e. The van der Waals surface area contributed by atoms with Crippen molar-refractivity contribution in [1.29, 1.82) is 0 Å². The van der Waals surface area contributed by atoms with Gasteiger partial charge in [-0.15, -0.1) is 0 Å². The van der Waals surface area contributed by atoms with Crippen LogP contribution in [0.15, 0.2) is 24.7 Å². The summed E-state index contributed by atoms with van der Waals surface area (Å²) < 4.78 is 7.76. The molecule has 20 heavy (non-hydrogen) atoms. The molecule has 0 aliphatic carbocycles. The zero-order valence-electron chi connectivity index (χ0n) is 10.9. The number of ether oxygens (including phenoxy) is 1. The second-order valence-electron chi connectivity index (χ2n) is 4.24. The van der Waals surface area contributed by atoms with Crippen LogP contribution in [0.5, 0.6) is 0 Å². The molecule has 0 atom stereocenters. The second kappa shape index (κ2) is 4.34. The van der Waals surface area contributed by atoms with Crippen molar-refractivity contribution >= 4 is 17.2 Å². The number of nitrogens with zero attached hydrogens (tertiary/aromatic N) is 5. The molecule has 0 spiro atoms. The van der Waals surface area contributed by atoms with Crippen molar-refractivity contribution in [3.05, 3.63) is 36.0 Å². The molecule has 8 heteroatoms. The van der Waals surface area contributed by atoms with Gasteiger partial charge in [0.05, 0.1) is 24.7 Å². The number of esters is 1. The van der Waals surface area contributed by atoms with Crippen LogP contribution in [-0.4, -0.2) is 37.5 Å². The predicted molar refractivity (Wildman–Crippen MR) is 70.6 cm³/mol. The highest BCUT2D eigenvalue weighted by atomic mass is 16.5. The van der Waals surface area contributed by atoms with E-state index in [1.54, 1.807) is 16.9 Å². The van der Waals surface area contributed by atoms with Crippen molar-refractivity contribution in [3.8, 4) is 5.82 Å². The lowest BCUT2D eigenvalue weighted by molar-refractivity contribution is 0.0594. The second-order valence-corrected chi connectivity index (χ2v) is 4.24. The van der Waals surface area contributed by atoms with Crippen LogP contribution >= 0.6 is 0 Å². The lowest BCUT2D eigenvalue weighted by Gasteiger charge is -2.01. The number of hydrogen-bond donors (Lipinski definition) is 1. The molecule has 0 saturated carbocycles. The molecule has 3 aromatic rings. The summed E-state index contributed by atoms with van der Waals surface area (Å²) in [5, 5.41) is 8.42. The fraction of sp³-hybridized carbons (Fsp3) is 0.167. The Bertz CT molecular complexity index is 803. The molecule has 3 aromatic heterocycles. The third-order valence-corrected chi connectivity index (χ3v) is 2.83. The number of carbonyl (C=O) groups excluding carboxylic acids is 1. The summed E-state index contributed by atoms with van der Waals surface area (Å²) in [6.07, 6.45) is 4.86. The topological polar surface area (TPSA) is 100 Å². The summed E-state index contributed by atoms with van der Waals surface area (Å²) >= 11 is 0. The first-order valence-corrected chi connectivity index (χ1v) is 5.85. The number of anilines is 1. The van der Waals surface area contributed by atoms with Gasteiger partial charge >= 0.3 is 5.97 Å². The Balaban J connectivity index is 2.18. The van der Waals surface area contributed by atoms with Crippen LogP contribution in [-0.2, 0) is 4.74 Å². The summed E-state index contributed by atoms with van der Waals surface area (Å²) in [5.74, 6) is -0.0483. The predicted octanol–water partition coefficient (Wildman–Crippen LogP) is 0.592. The van der Waals surface area contributed by atoms with Gasteiger partial charge in [-0.05, 0) is 13.0 Å². The van der Waals surface area contributed by atoms with Crippen LogP contribution in [0.25, 0.3) is 11.3 Å². The van der Waals surface area contributed by atoms with Gasteiger partial charge in [-0.25, -0.2) is 19.0 Å². The molecule has 102 valence electrons. The van der Waals surface area contributed by atoms with Gasteiger partial charge in [-0.1, -0.05) is 0 Å². The Morgan fingerprint density at radius 3 is 2.95 bits per heavy atom. The molecule has 0 aliphatic rings. The highest BCUT2D eigenvalue weighted by molar-refractivity contribution is 5.92. The van der Waals surface area contributed by atoms with Crippen LogP contribution in [0.1, 0.15) is 16.2 Å². The maximum atomic E-state index is 11.5. The van der Waals surface area contributed by atoms with Gasteiger partial charge in [0.1, 0.15) is 5.52 Å². The van der Waals surface area contributed by atoms with E-state index in [9.17, 15) is 4.79 Å². The molecule has 0 bridgehead atoms. The molecule has 0 aliphatic heterocycles. The zero-order chi connectivity index (χ0) is 14.3. The SMILES string of the molecule is COC(=O)c1nn(-c2nccn3nc(C)cc23)cc1N. The molecule has 0 fully saturated rings. The van der Waals surface area contributed by atoms with Crippen molar-refractivity contribution in [2.75, 3.05) is 12.8 Å². The van der Waals surface area contributed by atoms with Crippen molar-refractivity contribution in [3.63, 3.8) is 0 Å². The number of nitrogen functional groups attached to an aromatic ring is 1. The monoisotopic (exact) mass is 272 g/mol. The van der Waals surface area contributed by atoms with Crippen LogP contribution in [0.4, 0.5) is 5.69 Å². The molecular weight excluding hydrogens is 260 g/mol. The molecule has 3 rings (SSSR count). The van der Waals surface area contributed by atoms with Crippen LogP contribution in [0.2, 0.25) is 0 Å². The summed E-state index contributed by atoms with van der Waals surface area (Å²) in [4.78, 5) is 15.8. The number of rotatable bonds is 2. The lowest BCUT2D eigenvalue weighted by atomic mass is 10.4. The number of methoxy groups -OCH3 is 1. The fourth-order valence-corrected chi connectivity index (χ4v) is 1.96. The Kier molecular flexibility index (Phi) is 2.63. The van der Waals surface area contributed by atoms with Crippen molar-refractivity contribution in [2.45, 2.75) is 6.92 Å². The molecule has 0 aromatic carbocycles. The average molecular weight is 272 g/mol. The summed E-state index contributed by atoms with van der Waals surface area (Å²) in [6, 6.07) is 1.87. The van der Waals surface area contributed by atoms with E-state index in [4.69, 9.17) is 5.73 Å². The summed E-state index contributed by atoms with van der Waals surface area (Å²) in [7, 11) is 1.28. The van der Waals surface area contributed by atoms with E-state index in [-0.39, 0.29) is 11.4 Å². The number of aryl methyl sites for hydroxylation is 1. The van der Waals surface area contributed by atoms with E-state index >= 15 is 0 Å². The maximum absolute atomic E-state index is 11.5. The average Bonchev–Trinajstić information content (AvgIpc) is 2.99. The van der Waals surface area contributed by atoms with Gasteiger partial charge in [-0.3, -0.25) is 0 Å². The Morgan fingerprint density at radius 1 is 1.40 bits per heavy atom. The normalized spacial score (nSPS) is 10.9. The molecule has 0 saturated heterocycles. The maximum Gasteiger partial charge on any atom is 0.360 e.